The second kappa shape index (κ2) is 10.5. The molecule has 3 aromatic rings. The number of rotatable bonds is 8. The van der Waals surface area contributed by atoms with Crippen LogP contribution in [0.25, 0.3) is 10.9 Å². The molecule has 0 unspecified atom stereocenters. The lowest BCUT2D eigenvalue weighted by Crippen LogP contribution is -2.35. The van der Waals surface area contributed by atoms with Crippen LogP contribution in [0.1, 0.15) is 34.0 Å². The summed E-state index contributed by atoms with van der Waals surface area (Å²) in [4.78, 5) is 30.9. The monoisotopic (exact) mass is 435 g/mol. The highest BCUT2D eigenvalue weighted by Gasteiger charge is 2.18. The molecule has 1 aromatic heterocycles. The second-order valence-electron chi connectivity index (χ2n) is 7.91. The number of nitrogens with one attached hydrogen (secondary N) is 2. The van der Waals surface area contributed by atoms with Gasteiger partial charge in [-0.3, -0.25) is 9.69 Å². The van der Waals surface area contributed by atoms with E-state index in [1.807, 2.05) is 24.3 Å². The van der Waals surface area contributed by atoms with Gasteiger partial charge in [-0.15, -0.1) is 0 Å². The summed E-state index contributed by atoms with van der Waals surface area (Å²) in [5.74, 6) is -0.599. The molecule has 4 rings (SSSR count). The smallest absolute Gasteiger partial charge is 0.343 e. The molecule has 7 nitrogen and oxygen atoms in total. The number of fused-ring (bicyclic) bond motifs is 1. The fourth-order valence-corrected chi connectivity index (χ4v) is 4.02. The molecule has 0 saturated carbocycles. The second-order valence-corrected chi connectivity index (χ2v) is 7.91. The lowest BCUT2D eigenvalue weighted by Gasteiger charge is -2.27. The first-order chi connectivity index (χ1) is 15.7. The Labute approximate surface area is 187 Å². The molecular weight excluding hydrogens is 406 g/mol. The molecule has 0 radical (unpaired) electrons. The first-order valence-electron chi connectivity index (χ1n) is 11.0. The van der Waals surface area contributed by atoms with Gasteiger partial charge in [-0.05, 0) is 29.7 Å². The number of carbonyl (C=O) groups excluding carboxylic acids is 1. The van der Waals surface area contributed by atoms with Crippen LogP contribution in [-0.2, 0) is 29.1 Å². The van der Waals surface area contributed by atoms with Crippen LogP contribution in [-0.4, -0.2) is 48.8 Å². The van der Waals surface area contributed by atoms with Crippen molar-refractivity contribution in [3.05, 3.63) is 81.1 Å². The molecule has 0 atom stereocenters. The van der Waals surface area contributed by atoms with Crippen molar-refractivity contribution < 1.29 is 14.3 Å². The number of carbonyl (C=O) groups is 1. The number of morpholine rings is 1. The Morgan fingerprint density at radius 2 is 1.91 bits per heavy atom. The molecule has 2 N–H and O–H groups in total. The van der Waals surface area contributed by atoms with Gasteiger partial charge in [0.25, 0.3) is 0 Å². The molecule has 1 fully saturated rings. The highest BCUT2D eigenvalue weighted by Crippen LogP contribution is 2.20. The standard InChI is InChI=1S/C25H29N3O4/c1-2-32-25(30)22-16-27-23-20(15-26-14-18-6-4-3-5-7-18)12-19(13-21(23)24(22)29)17-28-8-10-31-11-9-28/h3-7,12-13,16,26H,2,8-11,14-15,17H2,1H3,(H,27,29). The van der Waals surface area contributed by atoms with Crippen LogP contribution in [0.15, 0.2) is 53.5 Å². The number of ether oxygens (including phenoxy) is 2. The molecule has 0 amide bonds. The van der Waals surface area contributed by atoms with Gasteiger partial charge in [-0.1, -0.05) is 36.4 Å². The fraction of sp³-hybridized carbons (Fsp3) is 0.360. The largest absolute Gasteiger partial charge is 0.462 e. The summed E-state index contributed by atoms with van der Waals surface area (Å²) < 4.78 is 10.5. The number of benzene rings is 2. The number of H-pyrrole nitrogens is 1. The number of aromatic amines is 1. The number of nitrogens with zero attached hydrogens (tertiary/aromatic N) is 1. The summed E-state index contributed by atoms with van der Waals surface area (Å²) in [7, 11) is 0. The van der Waals surface area contributed by atoms with Crippen LogP contribution < -0.4 is 10.7 Å². The third-order valence-electron chi connectivity index (χ3n) is 5.62. The van der Waals surface area contributed by atoms with Crippen LogP contribution in [0, 0.1) is 0 Å². The van der Waals surface area contributed by atoms with Gasteiger partial charge in [0.2, 0.25) is 5.43 Å². The van der Waals surface area contributed by atoms with Crippen molar-refractivity contribution in [1.29, 1.82) is 0 Å². The summed E-state index contributed by atoms with van der Waals surface area (Å²) in [5, 5.41) is 3.98. The summed E-state index contributed by atoms with van der Waals surface area (Å²) in [6, 6.07) is 14.2. The Kier molecular flexibility index (Phi) is 7.32. The Bertz CT molecular complexity index is 1120. The van der Waals surface area contributed by atoms with Gasteiger partial charge in [0, 0.05) is 44.3 Å². The zero-order valence-electron chi connectivity index (χ0n) is 18.4. The van der Waals surface area contributed by atoms with E-state index < -0.39 is 5.97 Å². The van der Waals surface area contributed by atoms with E-state index in [0.717, 1.165) is 42.8 Å². The molecule has 0 bridgehead atoms. The molecule has 2 aromatic carbocycles. The third-order valence-corrected chi connectivity index (χ3v) is 5.62. The zero-order valence-corrected chi connectivity index (χ0v) is 18.4. The maximum Gasteiger partial charge on any atom is 0.343 e. The van der Waals surface area contributed by atoms with Crippen molar-refractivity contribution >= 4 is 16.9 Å². The maximum absolute atomic E-state index is 13.2. The van der Waals surface area contributed by atoms with Gasteiger partial charge >= 0.3 is 5.97 Å². The molecule has 7 heteroatoms. The minimum atomic E-state index is -0.599. The van der Waals surface area contributed by atoms with E-state index >= 15 is 0 Å². The lowest BCUT2D eigenvalue weighted by atomic mass is 10.0. The first kappa shape index (κ1) is 22.2. The van der Waals surface area contributed by atoms with E-state index in [-0.39, 0.29) is 17.6 Å². The van der Waals surface area contributed by atoms with E-state index in [4.69, 9.17) is 9.47 Å². The SMILES string of the molecule is CCOC(=O)c1c[nH]c2c(CNCc3ccccc3)cc(CN3CCOCC3)cc2c1=O. The number of hydrogen-bond donors (Lipinski definition) is 2. The van der Waals surface area contributed by atoms with Crippen molar-refractivity contribution in [3.63, 3.8) is 0 Å². The quantitative estimate of drug-likeness (QED) is 0.530. The van der Waals surface area contributed by atoms with Gasteiger partial charge in [0.1, 0.15) is 5.56 Å². The molecular formula is C25H29N3O4. The molecule has 2 heterocycles. The Morgan fingerprint density at radius 1 is 1.12 bits per heavy atom. The number of hydrogen-bond acceptors (Lipinski definition) is 6. The minimum Gasteiger partial charge on any atom is -0.462 e. The molecule has 1 aliphatic rings. The number of pyridine rings is 1. The van der Waals surface area contributed by atoms with E-state index in [0.29, 0.717) is 25.1 Å². The number of esters is 1. The molecule has 1 aliphatic heterocycles. The molecule has 32 heavy (non-hydrogen) atoms. The summed E-state index contributed by atoms with van der Waals surface area (Å²) in [5.41, 5.74) is 3.71. The van der Waals surface area contributed by atoms with Crippen molar-refractivity contribution in [2.24, 2.45) is 0 Å². The van der Waals surface area contributed by atoms with Crippen LogP contribution >= 0.6 is 0 Å². The van der Waals surface area contributed by atoms with Crippen molar-refractivity contribution in [1.82, 2.24) is 15.2 Å². The number of aromatic nitrogens is 1. The Hall–Kier alpha value is -3.00. The predicted octanol–water partition coefficient (Wildman–Crippen LogP) is 2.83. The minimum absolute atomic E-state index is 0.0334. The Morgan fingerprint density at radius 3 is 2.66 bits per heavy atom. The normalized spacial score (nSPS) is 14.5. The van der Waals surface area contributed by atoms with Gasteiger partial charge in [0.15, 0.2) is 0 Å². The summed E-state index contributed by atoms with van der Waals surface area (Å²) >= 11 is 0. The molecule has 0 aliphatic carbocycles. The lowest BCUT2D eigenvalue weighted by molar-refractivity contribution is 0.0342. The van der Waals surface area contributed by atoms with Gasteiger partial charge < -0.3 is 19.8 Å². The topological polar surface area (TPSA) is 83.7 Å². The van der Waals surface area contributed by atoms with Gasteiger partial charge in [-0.2, -0.15) is 0 Å². The highest BCUT2D eigenvalue weighted by atomic mass is 16.5. The zero-order chi connectivity index (χ0) is 22.3. The van der Waals surface area contributed by atoms with Crippen molar-refractivity contribution in [2.75, 3.05) is 32.9 Å². The van der Waals surface area contributed by atoms with E-state index in [1.165, 1.54) is 11.8 Å². The molecule has 1 saturated heterocycles. The van der Waals surface area contributed by atoms with E-state index in [2.05, 4.69) is 33.4 Å². The highest BCUT2D eigenvalue weighted by molar-refractivity contribution is 5.94. The average molecular weight is 436 g/mol. The molecule has 0 spiro atoms. The van der Waals surface area contributed by atoms with Crippen molar-refractivity contribution in [2.45, 2.75) is 26.6 Å². The van der Waals surface area contributed by atoms with Crippen LogP contribution in [0.5, 0.6) is 0 Å². The third kappa shape index (κ3) is 5.24. The average Bonchev–Trinajstić information content (AvgIpc) is 2.81. The van der Waals surface area contributed by atoms with E-state index in [1.54, 1.807) is 6.92 Å². The molecule has 168 valence electrons. The summed E-state index contributed by atoms with van der Waals surface area (Å²) in [6.07, 6.45) is 1.46. The van der Waals surface area contributed by atoms with Crippen LogP contribution in [0.2, 0.25) is 0 Å². The Balaban J connectivity index is 1.66. The van der Waals surface area contributed by atoms with E-state index in [9.17, 15) is 9.59 Å². The fourth-order valence-electron chi connectivity index (χ4n) is 4.02. The van der Waals surface area contributed by atoms with Gasteiger partial charge in [-0.25, -0.2) is 4.79 Å². The van der Waals surface area contributed by atoms with Crippen LogP contribution in [0.4, 0.5) is 0 Å². The van der Waals surface area contributed by atoms with Crippen LogP contribution in [0.3, 0.4) is 0 Å². The predicted molar refractivity (Wildman–Crippen MR) is 124 cm³/mol. The first-order valence-corrected chi connectivity index (χ1v) is 11.0. The van der Waals surface area contributed by atoms with Crippen molar-refractivity contribution in [3.8, 4) is 0 Å². The summed E-state index contributed by atoms with van der Waals surface area (Å²) in [6.45, 7) is 7.15. The van der Waals surface area contributed by atoms with Gasteiger partial charge in [0.05, 0.1) is 25.3 Å². The maximum atomic E-state index is 13.2.